The molecular formula is C34H70NaO8P. The fraction of sp³-hybridized carbons (Fsp3) is 1.00. The average Bonchev–Trinajstić information content (AvgIpc) is 3.00. The second-order valence-corrected chi connectivity index (χ2v) is 13.6. The van der Waals surface area contributed by atoms with Gasteiger partial charge in [0.25, 0.3) is 7.82 Å². The Balaban J connectivity index is 0. The molecule has 44 heavy (non-hydrogen) atoms. The van der Waals surface area contributed by atoms with Crippen molar-refractivity contribution in [3.63, 3.8) is 0 Å². The van der Waals surface area contributed by atoms with E-state index < -0.39 is 33.2 Å². The van der Waals surface area contributed by atoms with Crippen LogP contribution in [-0.2, 0) is 23.1 Å². The van der Waals surface area contributed by atoms with E-state index in [0.717, 1.165) is 25.7 Å². The third-order valence-electron chi connectivity index (χ3n) is 7.85. The summed E-state index contributed by atoms with van der Waals surface area (Å²) in [5, 5.41) is 18.2. The molecule has 0 aromatic heterocycles. The van der Waals surface area contributed by atoms with Crippen molar-refractivity contribution in [2.75, 3.05) is 39.6 Å². The van der Waals surface area contributed by atoms with E-state index >= 15 is 0 Å². The van der Waals surface area contributed by atoms with Gasteiger partial charge in [0.15, 0.2) is 0 Å². The zero-order chi connectivity index (χ0) is 31.7. The Kier molecular flexibility index (Phi) is 39.3. The number of phosphoric acid groups is 1. The Labute approximate surface area is 294 Å². The van der Waals surface area contributed by atoms with E-state index in [4.69, 9.17) is 19.1 Å². The van der Waals surface area contributed by atoms with Crippen molar-refractivity contribution in [1.82, 2.24) is 0 Å². The average molecular weight is 661 g/mol. The molecule has 0 saturated heterocycles. The predicted molar refractivity (Wildman–Crippen MR) is 175 cm³/mol. The maximum absolute atomic E-state index is 12.0. The molecule has 3 atom stereocenters. The van der Waals surface area contributed by atoms with Gasteiger partial charge in [-0.2, -0.15) is 0 Å². The first-order valence-electron chi connectivity index (χ1n) is 18.0. The van der Waals surface area contributed by atoms with Gasteiger partial charge in [-0.1, -0.05) is 155 Å². The van der Waals surface area contributed by atoms with Crippen LogP contribution in [0.5, 0.6) is 0 Å². The van der Waals surface area contributed by atoms with E-state index in [2.05, 4.69) is 18.4 Å². The minimum Gasteiger partial charge on any atom is -0.756 e. The smallest absolute Gasteiger partial charge is 0.756 e. The van der Waals surface area contributed by atoms with Crippen molar-refractivity contribution in [2.24, 2.45) is 0 Å². The van der Waals surface area contributed by atoms with E-state index in [1.54, 1.807) is 0 Å². The monoisotopic (exact) mass is 660 g/mol. The van der Waals surface area contributed by atoms with Gasteiger partial charge in [-0.15, -0.1) is 0 Å². The molecule has 0 rings (SSSR count). The molecule has 0 bridgehead atoms. The van der Waals surface area contributed by atoms with E-state index in [9.17, 15) is 14.6 Å². The van der Waals surface area contributed by atoms with Gasteiger partial charge in [0, 0.05) is 13.2 Å². The predicted octanol–water partition coefficient (Wildman–Crippen LogP) is 5.65. The van der Waals surface area contributed by atoms with Crippen LogP contribution in [0.1, 0.15) is 168 Å². The zero-order valence-corrected chi connectivity index (χ0v) is 32.1. The Morgan fingerprint density at radius 3 is 1.34 bits per heavy atom. The quantitative estimate of drug-likeness (QED) is 0.0503. The van der Waals surface area contributed by atoms with E-state index in [1.807, 2.05) is 0 Å². The maximum Gasteiger partial charge on any atom is 1.00 e. The molecule has 2 unspecified atom stereocenters. The van der Waals surface area contributed by atoms with E-state index in [1.165, 1.54) is 128 Å². The van der Waals surface area contributed by atoms with Gasteiger partial charge in [0.1, 0.15) is 12.2 Å². The van der Waals surface area contributed by atoms with Gasteiger partial charge in [-0.05, 0) is 12.8 Å². The Morgan fingerprint density at radius 1 is 0.568 bits per heavy atom. The first kappa shape index (κ1) is 47.1. The molecule has 0 aliphatic carbocycles. The van der Waals surface area contributed by atoms with Crippen molar-refractivity contribution in [3.8, 4) is 0 Å². The van der Waals surface area contributed by atoms with Crippen LogP contribution in [0.4, 0.5) is 0 Å². The molecule has 8 nitrogen and oxygen atoms in total. The minimum atomic E-state index is -4.62. The first-order chi connectivity index (χ1) is 20.9. The third kappa shape index (κ3) is 35.8. The summed E-state index contributed by atoms with van der Waals surface area (Å²) in [5.41, 5.74) is 0. The van der Waals surface area contributed by atoms with Gasteiger partial charge in [-0.3, -0.25) is 4.57 Å². The molecule has 0 aliphatic heterocycles. The van der Waals surface area contributed by atoms with E-state index in [0.29, 0.717) is 13.2 Å². The molecule has 2 N–H and O–H groups in total. The van der Waals surface area contributed by atoms with Gasteiger partial charge in [0.2, 0.25) is 0 Å². The largest absolute Gasteiger partial charge is 1.00 e. The van der Waals surface area contributed by atoms with Gasteiger partial charge >= 0.3 is 29.6 Å². The Morgan fingerprint density at radius 2 is 0.932 bits per heavy atom. The SMILES string of the molecule is CCCCCCCCCCCCCCOC[C@H](COP(=O)([O-])OCC(O)CO)OCCCCCCCCCCCCCC.[Na+]. The number of aliphatic hydroxyl groups is 2. The number of aliphatic hydroxyl groups excluding tert-OH is 2. The molecule has 0 heterocycles. The van der Waals surface area contributed by atoms with Crippen LogP contribution < -0.4 is 34.5 Å². The van der Waals surface area contributed by atoms with Gasteiger partial charge in [0.05, 0.1) is 26.4 Å². The molecule has 0 fully saturated rings. The van der Waals surface area contributed by atoms with Crippen molar-refractivity contribution >= 4 is 7.82 Å². The number of hydrogen-bond donors (Lipinski definition) is 2. The first-order valence-corrected chi connectivity index (χ1v) is 19.5. The van der Waals surface area contributed by atoms with Crippen LogP contribution in [0, 0.1) is 0 Å². The molecule has 0 spiro atoms. The van der Waals surface area contributed by atoms with Crippen LogP contribution in [0.2, 0.25) is 0 Å². The summed E-state index contributed by atoms with van der Waals surface area (Å²) in [6.45, 7) is 4.58. The summed E-state index contributed by atoms with van der Waals surface area (Å²) in [5.74, 6) is 0. The second kappa shape index (κ2) is 36.8. The zero-order valence-electron chi connectivity index (χ0n) is 29.2. The Bertz CT molecular complexity index is 602. The molecular weight excluding hydrogens is 590 g/mol. The third-order valence-corrected chi connectivity index (χ3v) is 8.78. The number of unbranched alkanes of at least 4 members (excludes halogenated alkanes) is 22. The summed E-state index contributed by atoms with van der Waals surface area (Å²) in [6, 6.07) is 0. The number of rotatable bonds is 36. The van der Waals surface area contributed by atoms with Crippen molar-refractivity contribution in [1.29, 1.82) is 0 Å². The molecule has 0 aromatic rings. The van der Waals surface area contributed by atoms with Crippen LogP contribution in [0.15, 0.2) is 0 Å². The topological polar surface area (TPSA) is 118 Å². The summed E-state index contributed by atoms with van der Waals surface area (Å²) in [4.78, 5) is 12.0. The standard InChI is InChI=1S/C34H71O8P.Na/c1-3-5-7-9-11-13-15-17-19-21-23-25-27-39-31-34(32-42-43(37,38)41-30-33(36)29-35)40-28-26-24-22-20-18-16-14-12-10-8-6-4-2;/h33-36H,3-32H2,1-2H3,(H,37,38);/q;+1/p-1/t33?,34-;/m1./s1. The number of ether oxygens (including phenoxy) is 2. The fourth-order valence-corrected chi connectivity index (χ4v) is 5.82. The Hall–Kier alpha value is 0.950. The van der Waals surface area contributed by atoms with Gasteiger partial charge in [-0.25, -0.2) is 0 Å². The van der Waals surface area contributed by atoms with Crippen molar-refractivity contribution in [3.05, 3.63) is 0 Å². The number of phosphoric ester groups is 1. The molecule has 0 saturated carbocycles. The molecule has 0 radical (unpaired) electrons. The van der Waals surface area contributed by atoms with Crippen molar-refractivity contribution in [2.45, 2.75) is 180 Å². The summed E-state index contributed by atoms with van der Waals surface area (Å²) >= 11 is 0. The fourth-order valence-electron chi connectivity index (χ4n) is 5.04. The number of hydrogen-bond acceptors (Lipinski definition) is 8. The van der Waals surface area contributed by atoms with Gasteiger partial charge < -0.3 is 33.6 Å². The van der Waals surface area contributed by atoms with Crippen LogP contribution in [0.25, 0.3) is 0 Å². The minimum absolute atomic E-state index is 0. The van der Waals surface area contributed by atoms with E-state index in [-0.39, 0.29) is 42.8 Å². The molecule has 0 aliphatic rings. The van der Waals surface area contributed by atoms with Crippen LogP contribution in [-0.4, -0.2) is 62.1 Å². The molecule has 0 aromatic carbocycles. The summed E-state index contributed by atoms with van der Waals surface area (Å²) in [6.07, 6.45) is 28.8. The maximum atomic E-state index is 12.0. The molecule has 0 amide bonds. The van der Waals surface area contributed by atoms with Crippen LogP contribution in [0.3, 0.4) is 0 Å². The van der Waals surface area contributed by atoms with Crippen LogP contribution >= 0.6 is 7.82 Å². The van der Waals surface area contributed by atoms with Crippen molar-refractivity contribution < 1.29 is 67.8 Å². The molecule has 260 valence electrons. The summed E-state index contributed by atoms with van der Waals surface area (Å²) < 4.78 is 33.4. The second-order valence-electron chi connectivity index (χ2n) is 12.2. The summed E-state index contributed by atoms with van der Waals surface area (Å²) in [7, 11) is -4.62. The normalized spacial score (nSPS) is 14.3. The molecule has 10 heteroatoms.